The Hall–Kier alpha value is -2.81. The Morgan fingerprint density at radius 3 is 1.61 bits per heavy atom. The van der Waals surface area contributed by atoms with Crippen LogP contribution in [0.1, 0.15) is 20.7 Å². The second-order valence-electron chi connectivity index (χ2n) is 6.28. The van der Waals surface area contributed by atoms with Crippen molar-refractivity contribution >= 4 is 21.7 Å². The molecule has 0 atom stereocenters. The van der Waals surface area contributed by atoms with Crippen molar-refractivity contribution in [1.29, 1.82) is 0 Å². The second-order valence-corrected chi connectivity index (χ2v) is 8.20. The molecule has 0 radical (unpaired) electrons. The minimum absolute atomic E-state index is 0.103. The number of carbonyl (C=O) groups is 2. The SMILES string of the molecule is O=C(c1ccccc1)N1CCN(C(=O)c2ccc(S(=O)(=O)C(F)F)cc2)CC1. The highest BCUT2D eigenvalue weighted by atomic mass is 32.2. The number of hydrogen-bond acceptors (Lipinski definition) is 4. The lowest BCUT2D eigenvalue weighted by Crippen LogP contribution is -2.50. The Kier molecular flexibility index (Phi) is 5.73. The molecule has 2 amide bonds. The normalized spacial score (nSPS) is 15.0. The van der Waals surface area contributed by atoms with Crippen LogP contribution in [-0.2, 0) is 9.84 Å². The first-order valence-corrected chi connectivity index (χ1v) is 10.1. The molecule has 0 unspecified atom stereocenters. The predicted molar refractivity (Wildman–Crippen MR) is 97.9 cm³/mol. The number of alkyl halides is 2. The van der Waals surface area contributed by atoms with Crippen molar-refractivity contribution in [2.24, 2.45) is 0 Å². The van der Waals surface area contributed by atoms with Crippen molar-refractivity contribution < 1.29 is 26.8 Å². The van der Waals surface area contributed by atoms with Crippen molar-refractivity contribution in [2.45, 2.75) is 10.7 Å². The van der Waals surface area contributed by atoms with Crippen molar-refractivity contribution in [3.8, 4) is 0 Å². The zero-order chi connectivity index (χ0) is 20.3. The molecular weight excluding hydrogens is 390 g/mol. The van der Waals surface area contributed by atoms with E-state index in [-0.39, 0.29) is 17.4 Å². The zero-order valence-electron chi connectivity index (χ0n) is 14.8. The van der Waals surface area contributed by atoms with Crippen LogP contribution in [0.2, 0.25) is 0 Å². The summed E-state index contributed by atoms with van der Waals surface area (Å²) in [5.41, 5.74) is 0.786. The number of nitrogens with zero attached hydrogens (tertiary/aromatic N) is 2. The fourth-order valence-electron chi connectivity index (χ4n) is 2.95. The van der Waals surface area contributed by atoms with Gasteiger partial charge in [0.25, 0.3) is 11.8 Å². The lowest BCUT2D eigenvalue weighted by atomic mass is 10.1. The molecule has 1 aliphatic rings. The first-order valence-electron chi connectivity index (χ1n) is 8.56. The monoisotopic (exact) mass is 408 g/mol. The van der Waals surface area contributed by atoms with Gasteiger partial charge in [-0.3, -0.25) is 9.59 Å². The molecule has 1 heterocycles. The second kappa shape index (κ2) is 8.05. The van der Waals surface area contributed by atoms with Gasteiger partial charge in [-0.2, -0.15) is 8.78 Å². The summed E-state index contributed by atoms with van der Waals surface area (Å²) in [4.78, 5) is 27.7. The number of piperazine rings is 1. The van der Waals surface area contributed by atoms with Gasteiger partial charge in [0.1, 0.15) is 0 Å². The number of carbonyl (C=O) groups excluding carboxylic acids is 2. The van der Waals surface area contributed by atoms with Crippen LogP contribution in [0.15, 0.2) is 59.5 Å². The average molecular weight is 408 g/mol. The smallest absolute Gasteiger partial charge is 0.335 e. The third kappa shape index (κ3) is 4.04. The van der Waals surface area contributed by atoms with E-state index in [2.05, 4.69) is 0 Å². The number of amides is 2. The molecule has 0 aliphatic carbocycles. The van der Waals surface area contributed by atoms with E-state index in [0.717, 1.165) is 12.1 Å². The van der Waals surface area contributed by atoms with Gasteiger partial charge in [-0.05, 0) is 36.4 Å². The first kappa shape index (κ1) is 19.9. The lowest BCUT2D eigenvalue weighted by molar-refractivity contribution is 0.0535. The maximum absolute atomic E-state index is 12.6. The molecule has 0 saturated carbocycles. The highest BCUT2D eigenvalue weighted by Crippen LogP contribution is 2.19. The Labute approximate surface area is 161 Å². The molecule has 9 heteroatoms. The lowest BCUT2D eigenvalue weighted by Gasteiger charge is -2.35. The molecule has 0 N–H and O–H groups in total. The molecular formula is C19H18F2N2O4S. The number of halogens is 2. The van der Waals surface area contributed by atoms with E-state index >= 15 is 0 Å². The topological polar surface area (TPSA) is 74.8 Å². The predicted octanol–water partition coefficient (Wildman–Crippen LogP) is 2.28. The molecule has 148 valence electrons. The van der Waals surface area contributed by atoms with Gasteiger partial charge >= 0.3 is 5.76 Å². The molecule has 0 spiro atoms. The van der Waals surface area contributed by atoms with Crippen LogP contribution in [0.3, 0.4) is 0 Å². The molecule has 1 fully saturated rings. The number of sulfone groups is 1. The van der Waals surface area contributed by atoms with Gasteiger partial charge in [0.15, 0.2) is 0 Å². The van der Waals surface area contributed by atoms with E-state index < -0.39 is 20.5 Å². The van der Waals surface area contributed by atoms with Gasteiger partial charge in [0.05, 0.1) is 4.90 Å². The van der Waals surface area contributed by atoms with Crippen LogP contribution in [-0.4, -0.2) is 62.0 Å². The van der Waals surface area contributed by atoms with Gasteiger partial charge in [-0.1, -0.05) is 18.2 Å². The quantitative estimate of drug-likeness (QED) is 0.778. The van der Waals surface area contributed by atoms with Gasteiger partial charge < -0.3 is 9.80 Å². The molecule has 0 aromatic heterocycles. The van der Waals surface area contributed by atoms with E-state index in [1.165, 1.54) is 12.1 Å². The van der Waals surface area contributed by atoms with Crippen LogP contribution in [0, 0.1) is 0 Å². The molecule has 0 bridgehead atoms. The highest BCUT2D eigenvalue weighted by Gasteiger charge is 2.28. The third-order valence-corrected chi connectivity index (χ3v) is 5.94. The molecule has 1 saturated heterocycles. The zero-order valence-corrected chi connectivity index (χ0v) is 15.6. The molecule has 2 aromatic carbocycles. The molecule has 1 aliphatic heterocycles. The number of rotatable bonds is 4. The van der Waals surface area contributed by atoms with E-state index in [4.69, 9.17) is 0 Å². The number of hydrogen-bond donors (Lipinski definition) is 0. The van der Waals surface area contributed by atoms with Crippen molar-refractivity contribution in [3.63, 3.8) is 0 Å². The minimum atomic E-state index is -4.69. The molecule has 2 aromatic rings. The van der Waals surface area contributed by atoms with Crippen LogP contribution in [0.5, 0.6) is 0 Å². The standard InChI is InChI=1S/C19H18F2N2O4S/c20-19(21)28(26,27)16-8-6-15(7-9-16)18(25)23-12-10-22(11-13-23)17(24)14-4-2-1-3-5-14/h1-9,19H,10-13H2. The van der Waals surface area contributed by atoms with Crippen molar-refractivity contribution in [3.05, 3.63) is 65.7 Å². The van der Waals surface area contributed by atoms with Crippen LogP contribution in [0.25, 0.3) is 0 Å². The molecule has 6 nitrogen and oxygen atoms in total. The molecule has 3 rings (SSSR count). The first-order chi connectivity index (χ1) is 13.3. The van der Waals surface area contributed by atoms with Gasteiger partial charge in [0.2, 0.25) is 9.84 Å². The third-order valence-electron chi connectivity index (χ3n) is 4.54. The maximum atomic E-state index is 12.6. The maximum Gasteiger partial charge on any atom is 0.341 e. The van der Waals surface area contributed by atoms with E-state index in [0.29, 0.717) is 31.7 Å². The van der Waals surface area contributed by atoms with Gasteiger partial charge in [-0.15, -0.1) is 0 Å². The Bertz CT molecular complexity index is 955. The summed E-state index contributed by atoms with van der Waals surface area (Å²) in [6.07, 6.45) is 0. The summed E-state index contributed by atoms with van der Waals surface area (Å²) >= 11 is 0. The summed E-state index contributed by atoms with van der Waals surface area (Å²) in [6.45, 7) is 1.40. The minimum Gasteiger partial charge on any atom is -0.335 e. The number of benzene rings is 2. The Balaban J connectivity index is 1.63. The molecule has 28 heavy (non-hydrogen) atoms. The Morgan fingerprint density at radius 2 is 1.18 bits per heavy atom. The summed E-state index contributed by atoms with van der Waals surface area (Å²) in [6, 6.07) is 13.3. The van der Waals surface area contributed by atoms with Gasteiger partial charge in [0, 0.05) is 37.3 Å². The van der Waals surface area contributed by atoms with Crippen LogP contribution < -0.4 is 0 Å². The largest absolute Gasteiger partial charge is 0.341 e. The van der Waals surface area contributed by atoms with Gasteiger partial charge in [-0.25, -0.2) is 8.42 Å². The van der Waals surface area contributed by atoms with E-state index in [9.17, 15) is 26.8 Å². The van der Waals surface area contributed by atoms with E-state index in [1.807, 2.05) is 6.07 Å². The van der Waals surface area contributed by atoms with Crippen molar-refractivity contribution in [1.82, 2.24) is 9.80 Å². The average Bonchev–Trinajstić information content (AvgIpc) is 2.73. The van der Waals surface area contributed by atoms with Crippen LogP contribution >= 0.6 is 0 Å². The summed E-state index contributed by atoms with van der Waals surface area (Å²) in [7, 11) is -4.69. The Morgan fingerprint density at radius 1 is 0.750 bits per heavy atom. The summed E-state index contributed by atoms with van der Waals surface area (Å²) in [5.74, 6) is -3.95. The van der Waals surface area contributed by atoms with Crippen LogP contribution in [0.4, 0.5) is 8.78 Å². The fourth-order valence-corrected chi connectivity index (χ4v) is 3.67. The summed E-state index contributed by atoms with van der Waals surface area (Å²) < 4.78 is 48.1. The fraction of sp³-hybridized carbons (Fsp3) is 0.263. The summed E-state index contributed by atoms with van der Waals surface area (Å²) in [5, 5.41) is 0. The van der Waals surface area contributed by atoms with Crippen molar-refractivity contribution in [2.75, 3.05) is 26.2 Å². The highest BCUT2D eigenvalue weighted by molar-refractivity contribution is 7.91. The van der Waals surface area contributed by atoms with E-state index in [1.54, 1.807) is 34.1 Å².